The van der Waals surface area contributed by atoms with E-state index in [9.17, 15) is 0 Å². The highest BCUT2D eigenvalue weighted by Crippen LogP contribution is 2.31. The van der Waals surface area contributed by atoms with E-state index >= 15 is 0 Å². The smallest absolute Gasteiger partial charge is 0.173 e. The molecule has 0 spiro atoms. The van der Waals surface area contributed by atoms with Crippen LogP contribution in [0.1, 0.15) is 0 Å². The van der Waals surface area contributed by atoms with E-state index in [4.69, 9.17) is 4.42 Å². The maximum Gasteiger partial charge on any atom is 0.173 e. The Bertz CT molecular complexity index is 628. The SMILES string of the molecule is Brc1ccccc1-c1ccc(-c2ncc[nH]2)o1. The lowest BCUT2D eigenvalue weighted by Crippen LogP contribution is -1.76. The molecule has 0 radical (unpaired) electrons. The van der Waals surface area contributed by atoms with Crippen LogP contribution in [0.2, 0.25) is 0 Å². The standard InChI is InChI=1S/C13H9BrN2O/c14-10-4-2-1-3-9(10)11-5-6-12(17-11)13-15-7-8-16-13/h1-8H,(H,15,16). The summed E-state index contributed by atoms with van der Waals surface area (Å²) in [7, 11) is 0. The van der Waals surface area contributed by atoms with Crippen molar-refractivity contribution < 1.29 is 4.42 Å². The molecule has 0 aliphatic rings. The summed E-state index contributed by atoms with van der Waals surface area (Å²) in [5.41, 5.74) is 1.03. The van der Waals surface area contributed by atoms with Crippen LogP contribution in [0.5, 0.6) is 0 Å². The first-order valence-corrected chi connectivity index (χ1v) is 5.98. The van der Waals surface area contributed by atoms with E-state index < -0.39 is 0 Å². The maximum atomic E-state index is 5.77. The van der Waals surface area contributed by atoms with E-state index in [0.29, 0.717) is 0 Å². The third-order valence-electron chi connectivity index (χ3n) is 2.48. The van der Waals surface area contributed by atoms with Crippen molar-refractivity contribution in [1.29, 1.82) is 0 Å². The number of hydrogen-bond acceptors (Lipinski definition) is 2. The molecule has 0 fully saturated rings. The number of halogens is 1. The van der Waals surface area contributed by atoms with Gasteiger partial charge in [-0.05, 0) is 18.2 Å². The predicted molar refractivity (Wildman–Crippen MR) is 69.4 cm³/mol. The Kier molecular flexibility index (Phi) is 2.57. The monoisotopic (exact) mass is 288 g/mol. The van der Waals surface area contributed by atoms with Gasteiger partial charge >= 0.3 is 0 Å². The molecule has 3 nitrogen and oxygen atoms in total. The van der Waals surface area contributed by atoms with Crippen LogP contribution in [0.3, 0.4) is 0 Å². The van der Waals surface area contributed by atoms with Gasteiger partial charge in [-0.3, -0.25) is 0 Å². The molecule has 3 rings (SSSR count). The molecule has 0 aliphatic carbocycles. The highest BCUT2D eigenvalue weighted by Gasteiger charge is 2.09. The molecule has 2 heterocycles. The van der Waals surface area contributed by atoms with Gasteiger partial charge in [-0.1, -0.05) is 34.1 Å². The van der Waals surface area contributed by atoms with Crippen LogP contribution >= 0.6 is 15.9 Å². The first-order chi connectivity index (χ1) is 8.34. The first kappa shape index (κ1) is 10.4. The van der Waals surface area contributed by atoms with Crippen molar-refractivity contribution in [2.24, 2.45) is 0 Å². The van der Waals surface area contributed by atoms with Gasteiger partial charge in [0.1, 0.15) is 5.76 Å². The van der Waals surface area contributed by atoms with Crippen LogP contribution in [0.4, 0.5) is 0 Å². The lowest BCUT2D eigenvalue weighted by molar-refractivity contribution is 0.592. The summed E-state index contributed by atoms with van der Waals surface area (Å²) in [6, 6.07) is 11.8. The maximum absolute atomic E-state index is 5.77. The number of aromatic nitrogens is 2. The van der Waals surface area contributed by atoms with E-state index in [-0.39, 0.29) is 0 Å². The van der Waals surface area contributed by atoms with Crippen LogP contribution in [-0.2, 0) is 0 Å². The van der Waals surface area contributed by atoms with E-state index in [2.05, 4.69) is 25.9 Å². The van der Waals surface area contributed by atoms with Gasteiger partial charge in [-0.25, -0.2) is 4.98 Å². The number of nitrogens with zero attached hydrogens (tertiary/aromatic N) is 1. The quantitative estimate of drug-likeness (QED) is 0.771. The average molecular weight is 289 g/mol. The van der Waals surface area contributed by atoms with Crippen molar-refractivity contribution in [2.45, 2.75) is 0 Å². The highest BCUT2D eigenvalue weighted by molar-refractivity contribution is 9.10. The molecule has 4 heteroatoms. The van der Waals surface area contributed by atoms with Crippen molar-refractivity contribution in [1.82, 2.24) is 9.97 Å². The summed E-state index contributed by atoms with van der Waals surface area (Å²) in [6.07, 6.45) is 3.48. The molecular formula is C13H9BrN2O. The second kappa shape index (κ2) is 4.22. The summed E-state index contributed by atoms with van der Waals surface area (Å²) in [5, 5.41) is 0. The van der Waals surface area contributed by atoms with Gasteiger partial charge < -0.3 is 9.40 Å². The first-order valence-electron chi connectivity index (χ1n) is 5.19. The van der Waals surface area contributed by atoms with Gasteiger partial charge in [0.15, 0.2) is 11.6 Å². The van der Waals surface area contributed by atoms with Crippen molar-refractivity contribution in [3.05, 3.63) is 53.3 Å². The Labute approximate surface area is 107 Å². The molecule has 0 unspecified atom stereocenters. The number of rotatable bonds is 2. The van der Waals surface area contributed by atoms with Crippen LogP contribution in [-0.4, -0.2) is 9.97 Å². The fourth-order valence-electron chi connectivity index (χ4n) is 1.67. The molecule has 0 bridgehead atoms. The predicted octanol–water partition coefficient (Wildman–Crippen LogP) is 4.10. The zero-order valence-electron chi connectivity index (χ0n) is 8.85. The van der Waals surface area contributed by atoms with Gasteiger partial charge in [0, 0.05) is 22.4 Å². The molecule has 0 saturated carbocycles. The molecule has 3 aromatic rings. The zero-order valence-corrected chi connectivity index (χ0v) is 10.4. The molecule has 1 N–H and O–H groups in total. The van der Waals surface area contributed by atoms with Gasteiger partial charge in [-0.15, -0.1) is 0 Å². The zero-order chi connectivity index (χ0) is 11.7. The number of nitrogens with one attached hydrogen (secondary N) is 1. The van der Waals surface area contributed by atoms with Crippen LogP contribution < -0.4 is 0 Å². The third kappa shape index (κ3) is 1.91. The Morgan fingerprint density at radius 3 is 2.65 bits per heavy atom. The molecule has 1 aromatic carbocycles. The van der Waals surface area contributed by atoms with Crippen molar-refractivity contribution in [2.75, 3.05) is 0 Å². The number of furan rings is 1. The lowest BCUT2D eigenvalue weighted by atomic mass is 10.2. The molecular weight excluding hydrogens is 280 g/mol. The Morgan fingerprint density at radius 1 is 1.06 bits per heavy atom. The summed E-state index contributed by atoms with van der Waals surface area (Å²) >= 11 is 3.51. The van der Waals surface area contributed by atoms with Crippen molar-refractivity contribution in [3.63, 3.8) is 0 Å². The topological polar surface area (TPSA) is 41.8 Å². The largest absolute Gasteiger partial charge is 0.453 e. The van der Waals surface area contributed by atoms with E-state index in [1.165, 1.54) is 0 Å². The summed E-state index contributed by atoms with van der Waals surface area (Å²) in [4.78, 5) is 7.17. The van der Waals surface area contributed by atoms with Crippen molar-refractivity contribution >= 4 is 15.9 Å². The van der Waals surface area contributed by atoms with Crippen LogP contribution in [0.15, 0.2) is 57.7 Å². The summed E-state index contributed by atoms with van der Waals surface area (Å²) < 4.78 is 6.79. The van der Waals surface area contributed by atoms with E-state index in [0.717, 1.165) is 27.4 Å². The normalized spacial score (nSPS) is 10.6. The number of imidazole rings is 1. The minimum Gasteiger partial charge on any atom is -0.453 e. The average Bonchev–Trinajstić information content (AvgIpc) is 3.00. The van der Waals surface area contributed by atoms with E-state index in [1.54, 1.807) is 12.4 Å². The molecule has 17 heavy (non-hydrogen) atoms. The lowest BCUT2D eigenvalue weighted by Gasteiger charge is -1.99. The number of H-pyrrole nitrogens is 1. The Hall–Kier alpha value is -1.81. The molecule has 0 atom stereocenters. The fourth-order valence-corrected chi connectivity index (χ4v) is 2.15. The number of benzene rings is 1. The van der Waals surface area contributed by atoms with E-state index in [1.807, 2.05) is 36.4 Å². The van der Waals surface area contributed by atoms with Gasteiger partial charge in [0.05, 0.1) is 0 Å². The Morgan fingerprint density at radius 2 is 1.88 bits per heavy atom. The number of aromatic amines is 1. The van der Waals surface area contributed by atoms with Crippen molar-refractivity contribution in [3.8, 4) is 22.9 Å². The number of hydrogen-bond donors (Lipinski definition) is 1. The van der Waals surface area contributed by atoms with Gasteiger partial charge in [-0.2, -0.15) is 0 Å². The molecule has 0 saturated heterocycles. The molecule has 0 amide bonds. The van der Waals surface area contributed by atoms with Gasteiger partial charge in [0.25, 0.3) is 0 Å². The summed E-state index contributed by atoms with van der Waals surface area (Å²) in [5.74, 6) is 2.30. The highest BCUT2D eigenvalue weighted by atomic mass is 79.9. The second-order valence-electron chi connectivity index (χ2n) is 3.58. The minimum atomic E-state index is 0.737. The van der Waals surface area contributed by atoms with Gasteiger partial charge in [0.2, 0.25) is 0 Å². The Balaban J connectivity index is 2.04. The third-order valence-corrected chi connectivity index (χ3v) is 3.17. The second-order valence-corrected chi connectivity index (χ2v) is 4.44. The molecule has 84 valence electrons. The van der Waals surface area contributed by atoms with Crippen LogP contribution in [0.25, 0.3) is 22.9 Å². The summed E-state index contributed by atoms with van der Waals surface area (Å²) in [6.45, 7) is 0. The molecule has 2 aromatic heterocycles. The van der Waals surface area contributed by atoms with Crippen LogP contribution in [0, 0.1) is 0 Å². The molecule has 0 aliphatic heterocycles. The fraction of sp³-hybridized carbons (Fsp3) is 0. The minimum absolute atomic E-state index is 0.737.